The molecule has 0 aliphatic rings. The largest absolute Gasteiger partial charge is 0.394 e. The van der Waals surface area contributed by atoms with Crippen LogP contribution in [0.1, 0.15) is 63.0 Å². The standard InChI is InChI=1S/C22H38NO4P/c1-4-5-6-7-8-9-10-20-11-13-21(14-12-20)15-16-22(23,19-24)17-18-28(25,26-2)27-3/h11-14,17-18,24H,4-10,15-16,19,23H2,1-3H3/b18-17+/t22-/m0/s1. The van der Waals surface area contributed by atoms with Gasteiger partial charge in [-0.2, -0.15) is 0 Å². The van der Waals surface area contributed by atoms with Crippen molar-refractivity contribution in [3.63, 3.8) is 0 Å². The number of benzene rings is 1. The van der Waals surface area contributed by atoms with Gasteiger partial charge in [0.1, 0.15) is 0 Å². The number of hydrogen-bond donors (Lipinski definition) is 2. The van der Waals surface area contributed by atoms with E-state index in [1.165, 1.54) is 75.8 Å². The lowest BCUT2D eigenvalue weighted by atomic mass is 9.93. The lowest BCUT2D eigenvalue weighted by Gasteiger charge is -2.24. The summed E-state index contributed by atoms with van der Waals surface area (Å²) in [5.41, 5.74) is 7.80. The average molecular weight is 412 g/mol. The summed E-state index contributed by atoms with van der Waals surface area (Å²) in [5.74, 6) is 1.33. The van der Waals surface area contributed by atoms with Gasteiger partial charge in [-0.1, -0.05) is 69.4 Å². The minimum absolute atomic E-state index is 0.243. The van der Waals surface area contributed by atoms with E-state index in [0.717, 1.165) is 12.8 Å². The van der Waals surface area contributed by atoms with Gasteiger partial charge in [-0.3, -0.25) is 4.57 Å². The maximum Gasteiger partial charge on any atom is 0.353 e. The van der Waals surface area contributed by atoms with Crippen LogP contribution in [0.3, 0.4) is 0 Å². The smallest absolute Gasteiger partial charge is 0.353 e. The van der Waals surface area contributed by atoms with Gasteiger partial charge in [-0.05, 0) is 36.8 Å². The van der Waals surface area contributed by atoms with Crippen LogP contribution in [0.25, 0.3) is 0 Å². The highest BCUT2D eigenvalue weighted by molar-refractivity contribution is 7.57. The Morgan fingerprint density at radius 2 is 1.54 bits per heavy atom. The zero-order valence-corrected chi connectivity index (χ0v) is 18.6. The van der Waals surface area contributed by atoms with Gasteiger partial charge in [-0.15, -0.1) is 0 Å². The van der Waals surface area contributed by atoms with Gasteiger partial charge in [0.25, 0.3) is 0 Å². The molecule has 5 nitrogen and oxygen atoms in total. The van der Waals surface area contributed by atoms with E-state index in [2.05, 4.69) is 31.2 Å². The summed E-state index contributed by atoms with van der Waals surface area (Å²) < 4.78 is 21.9. The highest BCUT2D eigenvalue weighted by atomic mass is 31.2. The molecule has 1 atom stereocenters. The molecule has 0 aromatic heterocycles. The van der Waals surface area contributed by atoms with Crippen molar-refractivity contribution in [3.05, 3.63) is 47.3 Å². The number of nitrogens with two attached hydrogens (primary N) is 1. The Labute approximate surface area is 170 Å². The van der Waals surface area contributed by atoms with E-state index >= 15 is 0 Å². The third-order valence-corrected chi connectivity index (χ3v) is 6.65. The van der Waals surface area contributed by atoms with Gasteiger partial charge in [0.2, 0.25) is 0 Å². The van der Waals surface area contributed by atoms with Crippen LogP contribution in [0, 0.1) is 0 Å². The molecule has 0 aliphatic heterocycles. The van der Waals surface area contributed by atoms with Crippen molar-refractivity contribution < 1.29 is 18.7 Å². The van der Waals surface area contributed by atoms with Gasteiger partial charge in [0.05, 0.1) is 12.1 Å². The topological polar surface area (TPSA) is 81.8 Å². The molecule has 1 aromatic rings. The van der Waals surface area contributed by atoms with Crippen molar-refractivity contribution in [3.8, 4) is 0 Å². The molecule has 0 amide bonds. The van der Waals surface area contributed by atoms with Gasteiger partial charge < -0.3 is 19.9 Å². The number of unbranched alkanes of at least 4 members (excludes halogenated alkanes) is 5. The summed E-state index contributed by atoms with van der Waals surface area (Å²) >= 11 is 0. The normalized spacial score (nSPS) is 14.5. The van der Waals surface area contributed by atoms with Gasteiger partial charge >= 0.3 is 7.60 Å². The predicted molar refractivity (Wildman–Crippen MR) is 117 cm³/mol. The molecule has 0 heterocycles. The Bertz CT molecular complexity index is 609. The molecular weight excluding hydrogens is 373 g/mol. The first kappa shape index (κ1) is 25.1. The second-order valence-corrected chi connectivity index (χ2v) is 9.55. The maximum atomic E-state index is 12.1. The minimum atomic E-state index is -3.28. The molecule has 0 aliphatic carbocycles. The lowest BCUT2D eigenvalue weighted by molar-refractivity contribution is 0.219. The van der Waals surface area contributed by atoms with Crippen molar-refractivity contribution >= 4 is 7.60 Å². The Balaban J connectivity index is 2.50. The fourth-order valence-electron chi connectivity index (χ4n) is 3.01. The quantitative estimate of drug-likeness (QED) is 0.306. The van der Waals surface area contributed by atoms with Crippen LogP contribution in [0.2, 0.25) is 0 Å². The van der Waals surface area contributed by atoms with Crippen molar-refractivity contribution in [1.29, 1.82) is 0 Å². The summed E-state index contributed by atoms with van der Waals surface area (Å²) in [7, 11) is -0.649. The second kappa shape index (κ2) is 13.3. The van der Waals surface area contributed by atoms with Crippen LogP contribution in [0.5, 0.6) is 0 Å². The molecule has 0 saturated carbocycles. The molecule has 0 radical (unpaired) electrons. The zero-order chi connectivity index (χ0) is 20.9. The van der Waals surface area contributed by atoms with Crippen LogP contribution in [0.4, 0.5) is 0 Å². The Morgan fingerprint density at radius 3 is 2.07 bits per heavy atom. The van der Waals surface area contributed by atoms with Crippen molar-refractivity contribution in [2.75, 3.05) is 20.8 Å². The molecule has 1 rings (SSSR count). The third kappa shape index (κ3) is 9.49. The molecule has 0 fully saturated rings. The van der Waals surface area contributed by atoms with Gasteiger partial charge in [-0.25, -0.2) is 0 Å². The van der Waals surface area contributed by atoms with E-state index < -0.39 is 13.1 Å². The fraction of sp³-hybridized carbons (Fsp3) is 0.636. The van der Waals surface area contributed by atoms with Crippen molar-refractivity contribution in [2.45, 2.75) is 70.3 Å². The van der Waals surface area contributed by atoms with Crippen molar-refractivity contribution in [2.24, 2.45) is 5.73 Å². The molecule has 0 saturated heterocycles. The molecule has 0 spiro atoms. The van der Waals surface area contributed by atoms with E-state index in [1.807, 2.05) is 0 Å². The van der Waals surface area contributed by atoms with Gasteiger partial charge in [0.15, 0.2) is 0 Å². The molecule has 0 unspecified atom stereocenters. The Morgan fingerprint density at radius 1 is 1.00 bits per heavy atom. The predicted octanol–water partition coefficient (Wildman–Crippen LogP) is 5.21. The summed E-state index contributed by atoms with van der Waals surface area (Å²) in [6, 6.07) is 8.61. The molecule has 0 bridgehead atoms. The van der Waals surface area contributed by atoms with Crippen LogP contribution in [0.15, 0.2) is 36.2 Å². The van der Waals surface area contributed by atoms with Crippen LogP contribution in [-0.4, -0.2) is 31.5 Å². The highest BCUT2D eigenvalue weighted by Gasteiger charge is 2.24. The lowest BCUT2D eigenvalue weighted by Crippen LogP contribution is -2.42. The van der Waals surface area contributed by atoms with Gasteiger partial charge in [0, 0.05) is 20.0 Å². The fourth-order valence-corrected chi connectivity index (χ4v) is 3.88. The van der Waals surface area contributed by atoms with E-state index in [0.29, 0.717) is 6.42 Å². The first-order valence-electron chi connectivity index (χ1n) is 10.3. The average Bonchev–Trinajstić information content (AvgIpc) is 2.74. The summed E-state index contributed by atoms with van der Waals surface area (Å²) in [6.07, 6.45) is 11.8. The SMILES string of the molecule is CCCCCCCCc1ccc(CC[C@](N)(/C=C/P(=O)(OC)OC)CO)cc1. The number of hydrogen-bond acceptors (Lipinski definition) is 5. The Hall–Kier alpha value is -0.970. The summed E-state index contributed by atoms with van der Waals surface area (Å²) in [5, 5.41) is 9.68. The number of rotatable bonds is 15. The first-order chi connectivity index (χ1) is 13.4. The molecule has 3 N–H and O–H groups in total. The number of aryl methyl sites for hydroxylation is 2. The number of aliphatic hydroxyl groups excluding tert-OH is 1. The van der Waals surface area contributed by atoms with E-state index in [9.17, 15) is 9.67 Å². The molecule has 160 valence electrons. The minimum Gasteiger partial charge on any atom is -0.394 e. The third-order valence-electron chi connectivity index (χ3n) is 5.11. The van der Waals surface area contributed by atoms with E-state index in [1.54, 1.807) is 0 Å². The molecule has 1 aromatic carbocycles. The van der Waals surface area contributed by atoms with Crippen LogP contribution in [-0.2, 0) is 26.5 Å². The van der Waals surface area contributed by atoms with E-state index in [-0.39, 0.29) is 6.61 Å². The second-order valence-electron chi connectivity index (χ2n) is 7.45. The van der Waals surface area contributed by atoms with Crippen molar-refractivity contribution in [1.82, 2.24) is 0 Å². The van der Waals surface area contributed by atoms with E-state index in [4.69, 9.17) is 14.8 Å². The summed E-state index contributed by atoms with van der Waals surface area (Å²) in [6.45, 7) is 2.00. The maximum absolute atomic E-state index is 12.1. The first-order valence-corrected chi connectivity index (χ1v) is 11.9. The molecule has 6 heteroatoms. The van der Waals surface area contributed by atoms with Crippen LogP contribution < -0.4 is 5.73 Å². The monoisotopic (exact) mass is 411 g/mol. The van der Waals surface area contributed by atoms with Crippen LogP contribution >= 0.6 is 7.60 Å². The molecular formula is C22H38NO4P. The summed E-state index contributed by atoms with van der Waals surface area (Å²) in [4.78, 5) is 0. The molecule has 28 heavy (non-hydrogen) atoms. The Kier molecular flexibility index (Phi) is 11.9. The zero-order valence-electron chi connectivity index (χ0n) is 17.7. The highest BCUT2D eigenvalue weighted by Crippen LogP contribution is 2.48. The number of aliphatic hydroxyl groups is 1.